The van der Waals surface area contributed by atoms with Crippen LogP contribution >= 0.6 is 0 Å². The molecule has 0 saturated carbocycles. The number of hydrogen-bond donors (Lipinski definition) is 0. The molecule has 78 valence electrons. The molecule has 0 heterocycles. The number of sulfone groups is 2. The van der Waals surface area contributed by atoms with E-state index in [4.69, 9.17) is 12.8 Å². The van der Waals surface area contributed by atoms with Gasteiger partial charge in [-0.15, -0.1) is 12.8 Å². The normalized spacial score (nSPS) is 11.6. The monoisotopic (exact) mass is 234 g/mol. The molecule has 0 spiro atoms. The third-order valence-electron chi connectivity index (χ3n) is 1.31. The first-order valence-corrected chi connectivity index (χ1v) is 7.25. The van der Waals surface area contributed by atoms with E-state index in [2.05, 4.69) is 0 Å². The van der Waals surface area contributed by atoms with Crippen LogP contribution in [-0.2, 0) is 19.7 Å². The summed E-state index contributed by atoms with van der Waals surface area (Å²) < 4.78 is 44.1. The Kier molecular flexibility index (Phi) is 4.69. The molecular weight excluding hydrogens is 224 g/mol. The minimum absolute atomic E-state index is 0.446. The fourth-order valence-corrected chi connectivity index (χ4v) is 3.48. The lowest BCUT2D eigenvalue weighted by Crippen LogP contribution is -2.20. The van der Waals surface area contributed by atoms with Gasteiger partial charge in [0.15, 0.2) is 19.7 Å². The predicted molar refractivity (Wildman–Crippen MR) is 55.0 cm³/mol. The van der Waals surface area contributed by atoms with Crippen LogP contribution in [0.4, 0.5) is 0 Å². The maximum absolute atomic E-state index is 11.0. The van der Waals surface area contributed by atoms with Crippen molar-refractivity contribution in [3.63, 3.8) is 0 Å². The summed E-state index contributed by atoms with van der Waals surface area (Å²) in [5.74, 6) is 2.07. The van der Waals surface area contributed by atoms with Gasteiger partial charge in [-0.05, 0) is 0 Å². The summed E-state index contributed by atoms with van der Waals surface area (Å²) >= 11 is 0. The Labute approximate surface area is 84.5 Å². The minimum atomic E-state index is -3.47. The quantitative estimate of drug-likeness (QED) is 0.577. The van der Waals surface area contributed by atoms with Crippen LogP contribution in [0.1, 0.15) is 0 Å². The Morgan fingerprint density at radius 2 is 1.07 bits per heavy atom. The zero-order chi connectivity index (χ0) is 11.2. The molecule has 0 rings (SSSR count). The lowest BCUT2D eigenvalue weighted by molar-refractivity contribution is 0.591. The van der Waals surface area contributed by atoms with Gasteiger partial charge in [0.05, 0.1) is 11.5 Å². The summed E-state index contributed by atoms with van der Waals surface area (Å²) in [6.07, 6.45) is 9.60. The maximum Gasteiger partial charge on any atom is 0.162 e. The Balaban J connectivity index is 4.37. The van der Waals surface area contributed by atoms with E-state index in [0.29, 0.717) is 0 Å². The summed E-state index contributed by atoms with van der Waals surface area (Å²) in [7, 11) is -6.93. The third-order valence-corrected chi connectivity index (χ3v) is 4.44. The molecule has 14 heavy (non-hydrogen) atoms. The SMILES string of the molecule is C#CCS(=O)(=O)CCS(=O)(=O)CC#C. The Morgan fingerprint density at radius 3 is 1.29 bits per heavy atom. The minimum Gasteiger partial charge on any atom is -0.228 e. The van der Waals surface area contributed by atoms with Crippen molar-refractivity contribution in [2.24, 2.45) is 0 Å². The van der Waals surface area contributed by atoms with Gasteiger partial charge in [0.25, 0.3) is 0 Å². The van der Waals surface area contributed by atoms with Crippen LogP contribution in [0.25, 0.3) is 0 Å². The molecule has 0 N–H and O–H groups in total. The first-order valence-electron chi connectivity index (χ1n) is 3.61. The highest BCUT2D eigenvalue weighted by atomic mass is 32.2. The van der Waals surface area contributed by atoms with Gasteiger partial charge in [0.2, 0.25) is 0 Å². The van der Waals surface area contributed by atoms with Crippen molar-refractivity contribution in [1.29, 1.82) is 0 Å². The van der Waals surface area contributed by atoms with Crippen LogP contribution in [0.5, 0.6) is 0 Å². The van der Waals surface area contributed by atoms with Crippen molar-refractivity contribution >= 4 is 19.7 Å². The lowest BCUT2D eigenvalue weighted by Gasteiger charge is -2.00. The van der Waals surface area contributed by atoms with Gasteiger partial charge >= 0.3 is 0 Å². The Bertz CT molecular complexity index is 410. The van der Waals surface area contributed by atoms with Crippen molar-refractivity contribution in [1.82, 2.24) is 0 Å². The van der Waals surface area contributed by atoms with Gasteiger partial charge in [0, 0.05) is 0 Å². The van der Waals surface area contributed by atoms with E-state index in [0.717, 1.165) is 0 Å². The average molecular weight is 234 g/mol. The van der Waals surface area contributed by atoms with E-state index in [1.807, 2.05) is 11.8 Å². The fourth-order valence-electron chi connectivity index (χ4n) is 0.652. The molecule has 0 aromatic rings. The molecule has 0 amide bonds. The standard InChI is InChI=1S/C8H10O4S2/c1-3-5-13(9,10)7-8-14(11,12)6-4-2/h1-2H,5-8H2. The van der Waals surface area contributed by atoms with Gasteiger partial charge in [-0.25, -0.2) is 16.8 Å². The largest absolute Gasteiger partial charge is 0.228 e. The van der Waals surface area contributed by atoms with Crippen LogP contribution in [-0.4, -0.2) is 39.8 Å². The molecule has 0 atom stereocenters. The fraction of sp³-hybridized carbons (Fsp3) is 0.500. The van der Waals surface area contributed by atoms with Gasteiger partial charge in [0.1, 0.15) is 11.5 Å². The number of terminal acetylenes is 2. The lowest BCUT2D eigenvalue weighted by atomic mass is 10.8. The summed E-state index contributed by atoms with van der Waals surface area (Å²) in [6.45, 7) is 0. The van der Waals surface area contributed by atoms with E-state index in [1.54, 1.807) is 0 Å². The predicted octanol–water partition coefficient (Wildman–Crippen LogP) is -0.918. The highest BCUT2D eigenvalue weighted by Gasteiger charge is 2.15. The second-order valence-corrected chi connectivity index (χ2v) is 6.96. The Morgan fingerprint density at radius 1 is 0.786 bits per heavy atom. The summed E-state index contributed by atoms with van der Waals surface area (Å²) in [5.41, 5.74) is 0. The second kappa shape index (κ2) is 5.04. The molecule has 4 nitrogen and oxygen atoms in total. The first kappa shape index (κ1) is 13.0. The molecule has 0 aromatic carbocycles. The average Bonchev–Trinajstić information content (AvgIpc) is 2.01. The van der Waals surface area contributed by atoms with Crippen molar-refractivity contribution in [2.45, 2.75) is 0 Å². The summed E-state index contributed by atoms with van der Waals surface area (Å²) in [4.78, 5) is 0. The van der Waals surface area contributed by atoms with Gasteiger partial charge < -0.3 is 0 Å². The van der Waals surface area contributed by atoms with Crippen molar-refractivity contribution < 1.29 is 16.8 Å². The van der Waals surface area contributed by atoms with Crippen molar-refractivity contribution in [2.75, 3.05) is 23.0 Å². The van der Waals surface area contributed by atoms with Crippen LogP contribution in [0.3, 0.4) is 0 Å². The third kappa shape index (κ3) is 5.63. The molecule has 0 saturated heterocycles. The Hall–Kier alpha value is -0.980. The summed E-state index contributed by atoms with van der Waals surface area (Å²) in [6, 6.07) is 0. The topological polar surface area (TPSA) is 68.3 Å². The van der Waals surface area contributed by atoms with E-state index in [1.165, 1.54) is 0 Å². The highest BCUT2D eigenvalue weighted by Crippen LogP contribution is 1.95. The zero-order valence-corrected chi connectivity index (χ0v) is 9.07. The van der Waals surface area contributed by atoms with Gasteiger partial charge in [-0.3, -0.25) is 0 Å². The molecule has 0 aromatic heterocycles. The smallest absolute Gasteiger partial charge is 0.162 e. The van der Waals surface area contributed by atoms with Crippen LogP contribution in [0.15, 0.2) is 0 Å². The number of rotatable bonds is 5. The molecule has 6 heteroatoms. The van der Waals surface area contributed by atoms with Crippen LogP contribution in [0, 0.1) is 24.7 Å². The maximum atomic E-state index is 11.0. The molecule has 0 aliphatic rings. The van der Waals surface area contributed by atoms with E-state index < -0.39 is 42.7 Å². The van der Waals surface area contributed by atoms with E-state index in [9.17, 15) is 16.8 Å². The van der Waals surface area contributed by atoms with E-state index >= 15 is 0 Å². The molecule has 0 unspecified atom stereocenters. The number of hydrogen-bond acceptors (Lipinski definition) is 4. The summed E-state index contributed by atoms with van der Waals surface area (Å²) in [5, 5.41) is 0. The van der Waals surface area contributed by atoms with Gasteiger partial charge in [-0.2, -0.15) is 0 Å². The van der Waals surface area contributed by atoms with Crippen LogP contribution < -0.4 is 0 Å². The molecule has 0 fully saturated rings. The van der Waals surface area contributed by atoms with Crippen molar-refractivity contribution in [3.05, 3.63) is 0 Å². The molecular formula is C8H10O4S2. The highest BCUT2D eigenvalue weighted by molar-refractivity contribution is 7.95. The van der Waals surface area contributed by atoms with Crippen molar-refractivity contribution in [3.8, 4) is 24.7 Å². The van der Waals surface area contributed by atoms with Crippen LogP contribution in [0.2, 0.25) is 0 Å². The zero-order valence-electron chi connectivity index (χ0n) is 7.43. The molecule has 0 aliphatic heterocycles. The first-order chi connectivity index (χ1) is 6.33. The molecule has 0 aliphatic carbocycles. The molecule has 0 bridgehead atoms. The molecule has 0 radical (unpaired) electrons. The van der Waals surface area contributed by atoms with Gasteiger partial charge in [-0.1, -0.05) is 11.8 Å². The van der Waals surface area contributed by atoms with E-state index in [-0.39, 0.29) is 0 Å². The second-order valence-electron chi connectivity index (χ2n) is 2.59.